The van der Waals surface area contributed by atoms with Crippen LogP contribution in [0.4, 0.5) is 0 Å². The molecule has 3 nitrogen and oxygen atoms in total. The number of amides is 1. The molecular formula is C15H30N2O. The molecule has 0 spiro atoms. The molecule has 1 heterocycles. The second-order valence-electron chi connectivity index (χ2n) is 6.51. The van der Waals surface area contributed by atoms with Crippen molar-refractivity contribution in [2.24, 2.45) is 23.5 Å². The van der Waals surface area contributed by atoms with Crippen LogP contribution in [0.15, 0.2) is 0 Å². The van der Waals surface area contributed by atoms with E-state index in [2.05, 4.69) is 32.6 Å². The number of carbonyl (C=O) groups is 1. The quantitative estimate of drug-likeness (QED) is 0.820. The van der Waals surface area contributed by atoms with Gasteiger partial charge in [-0.2, -0.15) is 0 Å². The van der Waals surface area contributed by atoms with Crippen LogP contribution < -0.4 is 5.73 Å². The van der Waals surface area contributed by atoms with Crippen molar-refractivity contribution in [3.63, 3.8) is 0 Å². The van der Waals surface area contributed by atoms with E-state index < -0.39 is 0 Å². The van der Waals surface area contributed by atoms with E-state index in [0.29, 0.717) is 42.7 Å². The fourth-order valence-electron chi connectivity index (χ4n) is 2.93. The molecule has 1 rings (SSSR count). The third-order valence-corrected chi connectivity index (χ3v) is 4.04. The number of piperidine rings is 1. The van der Waals surface area contributed by atoms with Crippen molar-refractivity contribution in [3.8, 4) is 0 Å². The lowest BCUT2D eigenvalue weighted by molar-refractivity contribution is -0.136. The van der Waals surface area contributed by atoms with Gasteiger partial charge in [0, 0.05) is 19.0 Å². The average molecular weight is 254 g/mol. The van der Waals surface area contributed by atoms with Crippen LogP contribution in [0.25, 0.3) is 0 Å². The Morgan fingerprint density at radius 3 is 2.56 bits per heavy atom. The monoisotopic (exact) mass is 254 g/mol. The molecule has 1 saturated heterocycles. The van der Waals surface area contributed by atoms with Crippen LogP contribution in [0.2, 0.25) is 0 Å². The van der Waals surface area contributed by atoms with Gasteiger partial charge in [0.2, 0.25) is 5.91 Å². The van der Waals surface area contributed by atoms with Crippen LogP contribution in [0.1, 0.15) is 53.4 Å². The molecule has 3 atom stereocenters. The van der Waals surface area contributed by atoms with Gasteiger partial charge in [-0.15, -0.1) is 0 Å². The Morgan fingerprint density at radius 2 is 2.00 bits per heavy atom. The van der Waals surface area contributed by atoms with E-state index in [4.69, 9.17) is 5.73 Å². The lowest BCUT2D eigenvalue weighted by Crippen LogP contribution is -2.45. The van der Waals surface area contributed by atoms with Crippen molar-refractivity contribution in [1.29, 1.82) is 0 Å². The highest BCUT2D eigenvalue weighted by molar-refractivity contribution is 5.77. The van der Waals surface area contributed by atoms with Crippen molar-refractivity contribution < 1.29 is 4.79 Å². The highest BCUT2D eigenvalue weighted by Gasteiger charge is 2.28. The first-order chi connectivity index (χ1) is 8.43. The van der Waals surface area contributed by atoms with E-state index >= 15 is 0 Å². The standard InChI is InChI=1S/C15H30N2O/c1-11(2)7-14(9-16)8-15(18)17-10-12(3)5-6-13(17)4/h11-14H,5-10,16H2,1-4H3. The summed E-state index contributed by atoms with van der Waals surface area (Å²) in [5.74, 6) is 1.92. The van der Waals surface area contributed by atoms with Crippen LogP contribution >= 0.6 is 0 Å². The maximum atomic E-state index is 12.4. The summed E-state index contributed by atoms with van der Waals surface area (Å²) in [5, 5.41) is 0. The Kier molecular flexibility index (Phi) is 6.13. The molecule has 1 aliphatic heterocycles. The predicted molar refractivity (Wildman–Crippen MR) is 76.2 cm³/mol. The number of carbonyl (C=O) groups excluding carboxylic acids is 1. The molecule has 0 aromatic carbocycles. The number of rotatable bonds is 5. The number of likely N-dealkylation sites (tertiary alicyclic amines) is 1. The second kappa shape index (κ2) is 7.13. The van der Waals surface area contributed by atoms with Gasteiger partial charge < -0.3 is 10.6 Å². The molecule has 1 amide bonds. The lowest BCUT2D eigenvalue weighted by Gasteiger charge is -2.37. The second-order valence-corrected chi connectivity index (χ2v) is 6.51. The Balaban J connectivity index is 2.51. The van der Waals surface area contributed by atoms with E-state index in [-0.39, 0.29) is 0 Å². The topological polar surface area (TPSA) is 46.3 Å². The molecule has 3 unspecified atom stereocenters. The van der Waals surface area contributed by atoms with E-state index in [1.807, 2.05) is 0 Å². The van der Waals surface area contributed by atoms with E-state index in [9.17, 15) is 4.79 Å². The van der Waals surface area contributed by atoms with Gasteiger partial charge in [0.05, 0.1) is 0 Å². The van der Waals surface area contributed by atoms with Gasteiger partial charge >= 0.3 is 0 Å². The fourth-order valence-corrected chi connectivity index (χ4v) is 2.93. The largest absolute Gasteiger partial charge is 0.340 e. The summed E-state index contributed by atoms with van der Waals surface area (Å²) in [6.45, 7) is 10.3. The minimum Gasteiger partial charge on any atom is -0.340 e. The number of nitrogens with two attached hydrogens (primary N) is 1. The normalized spacial score (nSPS) is 26.4. The van der Waals surface area contributed by atoms with Gasteiger partial charge in [-0.05, 0) is 50.5 Å². The first kappa shape index (κ1) is 15.5. The summed E-state index contributed by atoms with van der Waals surface area (Å²) in [5.41, 5.74) is 5.79. The summed E-state index contributed by atoms with van der Waals surface area (Å²) >= 11 is 0. The molecule has 106 valence electrons. The van der Waals surface area contributed by atoms with Crippen molar-refractivity contribution in [2.75, 3.05) is 13.1 Å². The van der Waals surface area contributed by atoms with Crippen LogP contribution in [-0.2, 0) is 4.79 Å². The molecule has 3 heteroatoms. The van der Waals surface area contributed by atoms with E-state index in [0.717, 1.165) is 19.4 Å². The summed E-state index contributed by atoms with van der Waals surface area (Å²) in [6, 6.07) is 0.408. The summed E-state index contributed by atoms with van der Waals surface area (Å²) in [6.07, 6.45) is 4.08. The molecule has 0 saturated carbocycles. The fraction of sp³-hybridized carbons (Fsp3) is 0.933. The molecule has 0 radical (unpaired) electrons. The van der Waals surface area contributed by atoms with Gasteiger partial charge in [-0.3, -0.25) is 4.79 Å². The van der Waals surface area contributed by atoms with Crippen LogP contribution in [0, 0.1) is 17.8 Å². The zero-order valence-electron chi connectivity index (χ0n) is 12.5. The van der Waals surface area contributed by atoms with Crippen LogP contribution in [0.5, 0.6) is 0 Å². The van der Waals surface area contributed by atoms with Gasteiger partial charge in [-0.1, -0.05) is 20.8 Å². The van der Waals surface area contributed by atoms with Crippen molar-refractivity contribution >= 4 is 5.91 Å². The van der Waals surface area contributed by atoms with E-state index in [1.165, 1.54) is 6.42 Å². The van der Waals surface area contributed by atoms with Gasteiger partial charge in [0.25, 0.3) is 0 Å². The van der Waals surface area contributed by atoms with Gasteiger partial charge in [-0.25, -0.2) is 0 Å². The molecule has 18 heavy (non-hydrogen) atoms. The third-order valence-electron chi connectivity index (χ3n) is 4.04. The minimum atomic E-state index is 0.310. The minimum absolute atomic E-state index is 0.310. The van der Waals surface area contributed by atoms with Crippen LogP contribution in [-0.4, -0.2) is 29.9 Å². The van der Waals surface area contributed by atoms with E-state index in [1.54, 1.807) is 0 Å². The molecule has 1 fully saturated rings. The first-order valence-corrected chi connectivity index (χ1v) is 7.43. The highest BCUT2D eigenvalue weighted by Crippen LogP contribution is 2.24. The molecule has 0 aromatic rings. The molecule has 0 aromatic heterocycles. The third kappa shape index (κ3) is 4.60. The van der Waals surface area contributed by atoms with Gasteiger partial charge in [0.1, 0.15) is 0 Å². The number of hydrogen-bond acceptors (Lipinski definition) is 2. The highest BCUT2D eigenvalue weighted by atomic mass is 16.2. The molecular weight excluding hydrogens is 224 g/mol. The van der Waals surface area contributed by atoms with Crippen molar-refractivity contribution in [1.82, 2.24) is 4.90 Å². The Morgan fingerprint density at radius 1 is 1.33 bits per heavy atom. The maximum absolute atomic E-state index is 12.4. The molecule has 2 N–H and O–H groups in total. The Labute approximate surface area is 112 Å². The maximum Gasteiger partial charge on any atom is 0.223 e. The smallest absolute Gasteiger partial charge is 0.223 e. The summed E-state index contributed by atoms with van der Waals surface area (Å²) < 4.78 is 0. The number of hydrogen-bond donors (Lipinski definition) is 1. The summed E-state index contributed by atoms with van der Waals surface area (Å²) in [7, 11) is 0. The average Bonchev–Trinajstić information content (AvgIpc) is 2.30. The zero-order valence-corrected chi connectivity index (χ0v) is 12.5. The zero-order chi connectivity index (χ0) is 13.7. The molecule has 0 bridgehead atoms. The van der Waals surface area contributed by atoms with Crippen LogP contribution in [0.3, 0.4) is 0 Å². The van der Waals surface area contributed by atoms with Gasteiger partial charge in [0.15, 0.2) is 0 Å². The van der Waals surface area contributed by atoms with Crippen molar-refractivity contribution in [3.05, 3.63) is 0 Å². The predicted octanol–water partition coefficient (Wildman–Crippen LogP) is 2.64. The first-order valence-electron chi connectivity index (χ1n) is 7.43. The molecule has 1 aliphatic rings. The summed E-state index contributed by atoms with van der Waals surface area (Å²) in [4.78, 5) is 14.5. The Hall–Kier alpha value is -0.570. The van der Waals surface area contributed by atoms with Crippen molar-refractivity contribution in [2.45, 2.75) is 59.4 Å². The molecule has 0 aliphatic carbocycles. The Bertz CT molecular complexity index is 265. The number of nitrogens with zero attached hydrogens (tertiary/aromatic N) is 1. The lowest BCUT2D eigenvalue weighted by atomic mass is 9.91. The SMILES string of the molecule is CC(C)CC(CN)CC(=O)N1CC(C)CCC1C.